The number of carbonyl (C=O) groups excluding carboxylic acids is 1. The van der Waals surface area contributed by atoms with Gasteiger partial charge in [-0.05, 0) is 38.8 Å². The number of nitrogens with two attached hydrogens (primary N) is 1. The SMILES string of the molecule is Cc1c(C(=O)N2CCC(OCCCN)CC2)oc2ccccc12.Cl. The summed E-state index contributed by atoms with van der Waals surface area (Å²) in [7, 11) is 0. The molecule has 2 heterocycles. The summed E-state index contributed by atoms with van der Waals surface area (Å²) in [6.45, 7) is 4.73. The van der Waals surface area contributed by atoms with Crippen LogP contribution in [0.15, 0.2) is 28.7 Å². The molecule has 6 heteroatoms. The molecule has 2 aromatic rings. The van der Waals surface area contributed by atoms with E-state index in [0.717, 1.165) is 35.8 Å². The van der Waals surface area contributed by atoms with Crippen molar-refractivity contribution in [2.75, 3.05) is 26.2 Å². The average Bonchev–Trinajstić information content (AvgIpc) is 2.92. The van der Waals surface area contributed by atoms with Gasteiger partial charge in [-0.25, -0.2) is 0 Å². The number of para-hydroxylation sites is 1. The van der Waals surface area contributed by atoms with Gasteiger partial charge in [0, 0.05) is 30.6 Å². The number of piperidine rings is 1. The molecule has 1 amide bonds. The minimum atomic E-state index is -0.0147. The lowest BCUT2D eigenvalue weighted by Crippen LogP contribution is -2.41. The number of furan rings is 1. The van der Waals surface area contributed by atoms with Crippen LogP contribution < -0.4 is 5.73 Å². The van der Waals surface area contributed by atoms with E-state index in [9.17, 15) is 4.79 Å². The maximum Gasteiger partial charge on any atom is 0.289 e. The van der Waals surface area contributed by atoms with Crippen molar-refractivity contribution in [2.45, 2.75) is 32.3 Å². The van der Waals surface area contributed by atoms with Crippen molar-refractivity contribution in [3.63, 3.8) is 0 Å². The van der Waals surface area contributed by atoms with Gasteiger partial charge in [-0.3, -0.25) is 4.79 Å². The molecule has 1 fully saturated rings. The summed E-state index contributed by atoms with van der Waals surface area (Å²) in [6.07, 6.45) is 2.87. The first-order chi connectivity index (χ1) is 11.2. The summed E-state index contributed by atoms with van der Waals surface area (Å²) in [6, 6.07) is 7.77. The van der Waals surface area contributed by atoms with Gasteiger partial charge in [0.1, 0.15) is 5.58 Å². The molecular formula is C18H25ClN2O3. The third-order valence-electron chi connectivity index (χ3n) is 4.47. The van der Waals surface area contributed by atoms with Crippen LogP contribution in [0.25, 0.3) is 11.0 Å². The zero-order valence-corrected chi connectivity index (χ0v) is 14.8. The summed E-state index contributed by atoms with van der Waals surface area (Å²) in [5.74, 6) is 0.452. The Hall–Kier alpha value is -1.56. The van der Waals surface area contributed by atoms with Crippen LogP contribution in [0.5, 0.6) is 0 Å². The van der Waals surface area contributed by atoms with E-state index in [-0.39, 0.29) is 24.4 Å². The van der Waals surface area contributed by atoms with Gasteiger partial charge in [0.25, 0.3) is 5.91 Å². The monoisotopic (exact) mass is 352 g/mol. The molecule has 0 aliphatic carbocycles. The van der Waals surface area contributed by atoms with Crippen molar-refractivity contribution in [1.82, 2.24) is 4.90 Å². The number of rotatable bonds is 5. The first-order valence-electron chi connectivity index (χ1n) is 8.29. The third-order valence-corrected chi connectivity index (χ3v) is 4.47. The maximum atomic E-state index is 12.7. The van der Waals surface area contributed by atoms with Gasteiger partial charge in [0.05, 0.1) is 6.10 Å². The molecule has 0 saturated carbocycles. The number of benzene rings is 1. The predicted molar refractivity (Wildman–Crippen MR) is 96.7 cm³/mol. The zero-order chi connectivity index (χ0) is 16.2. The molecule has 24 heavy (non-hydrogen) atoms. The average molecular weight is 353 g/mol. The Morgan fingerprint density at radius 2 is 2.04 bits per heavy atom. The molecule has 0 bridgehead atoms. The van der Waals surface area contributed by atoms with Crippen molar-refractivity contribution in [2.24, 2.45) is 5.73 Å². The van der Waals surface area contributed by atoms with E-state index in [1.54, 1.807) is 0 Å². The van der Waals surface area contributed by atoms with Crippen LogP contribution >= 0.6 is 12.4 Å². The number of halogens is 1. The van der Waals surface area contributed by atoms with Crippen LogP contribution in [0.3, 0.4) is 0 Å². The number of hydrogen-bond donors (Lipinski definition) is 1. The molecular weight excluding hydrogens is 328 g/mol. The van der Waals surface area contributed by atoms with E-state index in [0.29, 0.717) is 32.0 Å². The highest BCUT2D eigenvalue weighted by Crippen LogP contribution is 2.27. The lowest BCUT2D eigenvalue weighted by molar-refractivity contribution is 0.00767. The van der Waals surface area contributed by atoms with Crippen LogP contribution in [0.4, 0.5) is 0 Å². The third kappa shape index (κ3) is 3.91. The van der Waals surface area contributed by atoms with E-state index in [2.05, 4.69) is 0 Å². The van der Waals surface area contributed by atoms with Crippen molar-refractivity contribution in [3.05, 3.63) is 35.6 Å². The number of hydrogen-bond acceptors (Lipinski definition) is 4. The number of ether oxygens (including phenoxy) is 1. The number of amides is 1. The van der Waals surface area contributed by atoms with Gasteiger partial charge in [0.15, 0.2) is 5.76 Å². The highest BCUT2D eigenvalue weighted by Gasteiger charge is 2.27. The lowest BCUT2D eigenvalue weighted by atomic mass is 10.1. The van der Waals surface area contributed by atoms with E-state index in [1.165, 1.54) is 0 Å². The fraction of sp³-hybridized carbons (Fsp3) is 0.500. The Kier molecular flexibility index (Phi) is 6.66. The molecule has 5 nitrogen and oxygen atoms in total. The standard InChI is InChI=1S/C18H24N2O3.ClH/c1-13-15-5-2-3-6-16(15)23-17(13)18(21)20-10-7-14(8-11-20)22-12-4-9-19;/h2-3,5-6,14H,4,7-12,19H2,1H3;1H. The molecule has 1 aliphatic heterocycles. The van der Waals surface area contributed by atoms with Gasteiger partial charge in [-0.2, -0.15) is 0 Å². The molecule has 1 aromatic carbocycles. The Labute approximate surface area is 148 Å². The Balaban J connectivity index is 0.00000208. The second-order valence-electron chi connectivity index (χ2n) is 6.06. The van der Waals surface area contributed by atoms with Crippen LogP contribution in [-0.2, 0) is 4.74 Å². The molecule has 1 aromatic heterocycles. The molecule has 0 unspecified atom stereocenters. The quantitative estimate of drug-likeness (QED) is 0.839. The minimum Gasteiger partial charge on any atom is -0.451 e. The van der Waals surface area contributed by atoms with E-state index in [4.69, 9.17) is 14.9 Å². The summed E-state index contributed by atoms with van der Waals surface area (Å²) in [5.41, 5.74) is 7.17. The Morgan fingerprint density at radius 1 is 1.33 bits per heavy atom. The number of aryl methyl sites for hydroxylation is 1. The molecule has 1 saturated heterocycles. The van der Waals surface area contributed by atoms with Crippen molar-refractivity contribution in [3.8, 4) is 0 Å². The molecule has 2 N–H and O–H groups in total. The zero-order valence-electron chi connectivity index (χ0n) is 14.0. The van der Waals surface area contributed by atoms with Crippen molar-refractivity contribution < 1.29 is 13.9 Å². The highest BCUT2D eigenvalue weighted by molar-refractivity contribution is 5.98. The summed E-state index contributed by atoms with van der Waals surface area (Å²) in [5, 5.41) is 1.01. The van der Waals surface area contributed by atoms with E-state index in [1.807, 2.05) is 36.1 Å². The summed E-state index contributed by atoms with van der Waals surface area (Å²) < 4.78 is 11.6. The lowest BCUT2D eigenvalue weighted by Gasteiger charge is -2.31. The fourth-order valence-electron chi connectivity index (χ4n) is 3.08. The first kappa shape index (κ1) is 18.8. The van der Waals surface area contributed by atoms with Crippen molar-refractivity contribution in [1.29, 1.82) is 0 Å². The molecule has 0 radical (unpaired) electrons. The smallest absolute Gasteiger partial charge is 0.289 e. The van der Waals surface area contributed by atoms with Crippen molar-refractivity contribution >= 4 is 29.3 Å². The molecule has 0 spiro atoms. The van der Waals surface area contributed by atoms with Gasteiger partial charge < -0.3 is 19.8 Å². The van der Waals surface area contributed by atoms with Gasteiger partial charge in [-0.1, -0.05) is 18.2 Å². The molecule has 3 rings (SSSR count). The second kappa shape index (κ2) is 8.51. The van der Waals surface area contributed by atoms with Crippen LogP contribution in [0.1, 0.15) is 35.4 Å². The van der Waals surface area contributed by atoms with Gasteiger partial charge >= 0.3 is 0 Å². The van der Waals surface area contributed by atoms with E-state index >= 15 is 0 Å². The number of carbonyl (C=O) groups is 1. The number of fused-ring (bicyclic) bond motifs is 1. The maximum absolute atomic E-state index is 12.7. The Morgan fingerprint density at radius 3 is 2.71 bits per heavy atom. The van der Waals surface area contributed by atoms with Gasteiger partial charge in [0.2, 0.25) is 0 Å². The molecule has 132 valence electrons. The topological polar surface area (TPSA) is 68.7 Å². The Bertz CT molecular complexity index is 678. The molecule has 1 aliphatic rings. The number of nitrogens with zero attached hydrogens (tertiary/aromatic N) is 1. The summed E-state index contributed by atoms with van der Waals surface area (Å²) in [4.78, 5) is 14.6. The fourth-order valence-corrected chi connectivity index (χ4v) is 3.08. The minimum absolute atomic E-state index is 0. The molecule has 0 atom stereocenters. The number of likely N-dealkylation sites (tertiary alicyclic amines) is 1. The van der Waals surface area contributed by atoms with Gasteiger partial charge in [-0.15, -0.1) is 12.4 Å². The summed E-state index contributed by atoms with van der Waals surface area (Å²) >= 11 is 0. The first-order valence-corrected chi connectivity index (χ1v) is 8.29. The normalized spacial score (nSPS) is 15.5. The van der Waals surface area contributed by atoms with Crippen LogP contribution in [0, 0.1) is 6.92 Å². The van der Waals surface area contributed by atoms with E-state index < -0.39 is 0 Å². The highest BCUT2D eigenvalue weighted by atomic mass is 35.5. The second-order valence-corrected chi connectivity index (χ2v) is 6.06. The largest absolute Gasteiger partial charge is 0.451 e. The van der Waals surface area contributed by atoms with Crippen LogP contribution in [0.2, 0.25) is 0 Å². The predicted octanol–water partition coefficient (Wildman–Crippen LogP) is 3.13. The van der Waals surface area contributed by atoms with Crippen LogP contribution in [-0.4, -0.2) is 43.2 Å².